The summed E-state index contributed by atoms with van der Waals surface area (Å²) in [4.78, 5) is 10.9. The highest BCUT2D eigenvalue weighted by atomic mass is 35.5. The molecular weight excluding hydrogens is 397 g/mol. The number of carboxylic acids is 1. The Labute approximate surface area is 154 Å². The number of hydrogen-bond acceptors (Lipinski definition) is 3. The number of nitrogens with zero attached hydrogens (tertiary/aromatic N) is 1. The Morgan fingerprint density at radius 3 is 2.17 bits per heavy atom. The molecule has 0 saturated heterocycles. The van der Waals surface area contributed by atoms with Crippen LogP contribution >= 0.6 is 34.8 Å². The van der Waals surface area contributed by atoms with Gasteiger partial charge in [-0.1, -0.05) is 34.8 Å². The van der Waals surface area contributed by atoms with Crippen molar-refractivity contribution in [1.29, 1.82) is 0 Å². The third-order valence-electron chi connectivity index (χ3n) is 3.11. The molecule has 0 heterocycles. The lowest BCUT2D eigenvalue weighted by Crippen LogP contribution is -2.33. The van der Waals surface area contributed by atoms with E-state index in [0.717, 1.165) is 4.31 Å². The van der Waals surface area contributed by atoms with Crippen LogP contribution in [0.2, 0.25) is 15.1 Å². The number of sulfonamides is 1. The maximum atomic E-state index is 12.9. The van der Waals surface area contributed by atoms with Gasteiger partial charge in [-0.2, -0.15) is 0 Å². The van der Waals surface area contributed by atoms with Crippen molar-refractivity contribution in [2.24, 2.45) is 0 Å². The Bertz CT molecular complexity index is 854. The van der Waals surface area contributed by atoms with Crippen LogP contribution in [0, 0.1) is 0 Å². The van der Waals surface area contributed by atoms with Crippen LogP contribution in [0.25, 0.3) is 0 Å². The number of halogens is 3. The largest absolute Gasteiger partial charge is 0.481 e. The van der Waals surface area contributed by atoms with Gasteiger partial charge >= 0.3 is 5.97 Å². The Morgan fingerprint density at radius 2 is 1.58 bits per heavy atom. The monoisotopic (exact) mass is 407 g/mol. The minimum Gasteiger partial charge on any atom is -0.481 e. The van der Waals surface area contributed by atoms with Crippen LogP contribution in [0.4, 0.5) is 5.69 Å². The number of rotatable bonds is 6. The average Bonchev–Trinajstić information content (AvgIpc) is 2.50. The number of hydrogen-bond donors (Lipinski definition) is 1. The summed E-state index contributed by atoms with van der Waals surface area (Å²) in [7, 11) is -4.04. The Hall–Kier alpha value is -1.47. The first kappa shape index (κ1) is 18.9. The molecule has 0 fully saturated rings. The van der Waals surface area contributed by atoms with Crippen molar-refractivity contribution in [2.45, 2.75) is 11.3 Å². The van der Waals surface area contributed by atoms with Gasteiger partial charge in [-0.25, -0.2) is 8.42 Å². The van der Waals surface area contributed by atoms with Crippen molar-refractivity contribution in [3.05, 3.63) is 57.5 Å². The molecule has 2 rings (SSSR count). The summed E-state index contributed by atoms with van der Waals surface area (Å²) in [5, 5.41) is 9.71. The topological polar surface area (TPSA) is 74.7 Å². The minimum atomic E-state index is -4.04. The predicted octanol–water partition coefficient (Wildman–Crippen LogP) is 4.32. The molecule has 0 unspecified atom stereocenters. The Balaban J connectivity index is 2.54. The van der Waals surface area contributed by atoms with E-state index in [1.54, 1.807) is 0 Å². The third-order valence-corrected chi connectivity index (χ3v) is 5.74. The van der Waals surface area contributed by atoms with Gasteiger partial charge in [0.25, 0.3) is 10.0 Å². The van der Waals surface area contributed by atoms with Crippen LogP contribution in [0.1, 0.15) is 6.42 Å². The summed E-state index contributed by atoms with van der Waals surface area (Å²) in [5.41, 5.74) is 0.111. The summed E-state index contributed by atoms with van der Waals surface area (Å²) >= 11 is 17.8. The first-order valence-corrected chi connectivity index (χ1v) is 9.24. The van der Waals surface area contributed by atoms with Gasteiger partial charge < -0.3 is 5.11 Å². The molecule has 5 nitrogen and oxygen atoms in total. The molecule has 0 bridgehead atoms. The lowest BCUT2D eigenvalue weighted by molar-refractivity contribution is -0.136. The zero-order valence-electron chi connectivity index (χ0n) is 12.1. The number of carbonyl (C=O) groups is 1. The van der Waals surface area contributed by atoms with Crippen LogP contribution in [0.5, 0.6) is 0 Å². The van der Waals surface area contributed by atoms with Crippen molar-refractivity contribution in [2.75, 3.05) is 10.8 Å². The highest BCUT2D eigenvalue weighted by Crippen LogP contribution is 2.33. The fraction of sp³-hybridized carbons (Fsp3) is 0.133. The van der Waals surface area contributed by atoms with Crippen LogP contribution in [0.3, 0.4) is 0 Å². The quantitative estimate of drug-likeness (QED) is 0.772. The van der Waals surface area contributed by atoms with Gasteiger partial charge in [0.1, 0.15) is 0 Å². The molecule has 0 radical (unpaired) electrons. The molecule has 9 heteroatoms. The van der Waals surface area contributed by atoms with Gasteiger partial charge in [0.2, 0.25) is 0 Å². The second-order valence-corrected chi connectivity index (χ2v) is 7.91. The molecule has 0 amide bonds. The standard InChI is InChI=1S/C15H12Cl3NO4S/c16-10-1-4-12(5-2-10)24(22,23)19(8-7-15(20)21)14-9-11(17)3-6-13(14)18/h1-6,9H,7-8H2,(H,20,21). The fourth-order valence-electron chi connectivity index (χ4n) is 1.98. The molecule has 0 saturated carbocycles. The van der Waals surface area contributed by atoms with E-state index >= 15 is 0 Å². The number of anilines is 1. The van der Waals surface area contributed by atoms with Gasteiger partial charge in [0.05, 0.1) is 22.0 Å². The molecule has 0 aliphatic rings. The zero-order chi connectivity index (χ0) is 17.9. The maximum Gasteiger partial charge on any atom is 0.305 e. The Morgan fingerprint density at radius 1 is 1.00 bits per heavy atom. The lowest BCUT2D eigenvalue weighted by Gasteiger charge is -2.25. The fourth-order valence-corrected chi connectivity index (χ4v) is 4.02. The first-order valence-electron chi connectivity index (χ1n) is 6.67. The summed E-state index contributed by atoms with van der Waals surface area (Å²) < 4.78 is 26.7. The summed E-state index contributed by atoms with van der Waals surface area (Å²) in [5.74, 6) is -1.13. The molecule has 2 aromatic rings. The highest BCUT2D eigenvalue weighted by Gasteiger charge is 2.27. The summed E-state index contributed by atoms with van der Waals surface area (Å²) in [6.07, 6.45) is -0.393. The van der Waals surface area contributed by atoms with E-state index < -0.39 is 22.4 Å². The SMILES string of the molecule is O=C(O)CCN(c1cc(Cl)ccc1Cl)S(=O)(=O)c1ccc(Cl)cc1. The molecule has 0 aromatic heterocycles. The van der Waals surface area contributed by atoms with Crippen LogP contribution in [-0.4, -0.2) is 26.0 Å². The number of carboxylic acid groups (broad SMARTS) is 1. The molecular formula is C15H12Cl3NO4S. The summed E-state index contributed by atoms with van der Waals surface area (Å²) in [6, 6.07) is 9.88. The van der Waals surface area contributed by atoms with E-state index in [9.17, 15) is 13.2 Å². The van der Waals surface area contributed by atoms with Crippen molar-refractivity contribution in [3.8, 4) is 0 Å². The maximum absolute atomic E-state index is 12.9. The molecule has 24 heavy (non-hydrogen) atoms. The molecule has 1 N–H and O–H groups in total. The molecule has 0 spiro atoms. The van der Waals surface area contributed by atoms with Gasteiger partial charge in [0.15, 0.2) is 0 Å². The van der Waals surface area contributed by atoms with E-state index in [1.807, 2.05) is 0 Å². The van der Waals surface area contributed by atoms with Gasteiger partial charge in [-0.15, -0.1) is 0 Å². The van der Waals surface area contributed by atoms with Gasteiger partial charge in [0, 0.05) is 16.6 Å². The second kappa shape index (κ2) is 7.61. The minimum absolute atomic E-state index is 0.0340. The van der Waals surface area contributed by atoms with Crippen LogP contribution in [0.15, 0.2) is 47.4 Å². The third kappa shape index (κ3) is 4.33. The van der Waals surface area contributed by atoms with Crippen LogP contribution < -0.4 is 4.31 Å². The number of aliphatic carboxylic acids is 1. The van der Waals surface area contributed by atoms with E-state index in [1.165, 1.54) is 42.5 Å². The van der Waals surface area contributed by atoms with Crippen molar-refractivity contribution in [1.82, 2.24) is 0 Å². The zero-order valence-corrected chi connectivity index (χ0v) is 15.2. The first-order chi connectivity index (χ1) is 11.2. The average molecular weight is 409 g/mol. The normalized spacial score (nSPS) is 11.3. The highest BCUT2D eigenvalue weighted by molar-refractivity contribution is 7.92. The molecule has 0 aliphatic carbocycles. The molecule has 2 aromatic carbocycles. The Kier molecular flexibility index (Phi) is 5.98. The van der Waals surface area contributed by atoms with E-state index in [4.69, 9.17) is 39.9 Å². The number of benzene rings is 2. The molecule has 0 aliphatic heterocycles. The smallest absolute Gasteiger partial charge is 0.305 e. The summed E-state index contributed by atoms with van der Waals surface area (Å²) in [6.45, 7) is -0.291. The van der Waals surface area contributed by atoms with Crippen molar-refractivity contribution in [3.63, 3.8) is 0 Å². The van der Waals surface area contributed by atoms with E-state index in [0.29, 0.717) is 5.02 Å². The van der Waals surface area contributed by atoms with Crippen LogP contribution in [-0.2, 0) is 14.8 Å². The molecule has 128 valence electrons. The predicted molar refractivity (Wildman–Crippen MR) is 94.7 cm³/mol. The van der Waals surface area contributed by atoms with E-state index in [2.05, 4.69) is 0 Å². The van der Waals surface area contributed by atoms with Crippen molar-refractivity contribution >= 4 is 56.5 Å². The van der Waals surface area contributed by atoms with Gasteiger partial charge in [-0.3, -0.25) is 9.10 Å². The molecule has 0 atom stereocenters. The van der Waals surface area contributed by atoms with Crippen molar-refractivity contribution < 1.29 is 18.3 Å². The van der Waals surface area contributed by atoms with E-state index in [-0.39, 0.29) is 27.2 Å². The van der Waals surface area contributed by atoms with Gasteiger partial charge in [-0.05, 0) is 42.5 Å². The second-order valence-electron chi connectivity index (χ2n) is 4.77. The lowest BCUT2D eigenvalue weighted by atomic mass is 10.3.